The highest BCUT2D eigenvalue weighted by atomic mass is 16.5. The third-order valence-corrected chi connectivity index (χ3v) is 3.28. The molecule has 0 saturated carbocycles. The van der Waals surface area contributed by atoms with Crippen molar-refractivity contribution < 1.29 is 14.3 Å². The summed E-state index contributed by atoms with van der Waals surface area (Å²) in [6.45, 7) is 0. The van der Waals surface area contributed by atoms with E-state index in [1.807, 2.05) is 0 Å². The van der Waals surface area contributed by atoms with Gasteiger partial charge in [-0.05, 0) is 13.1 Å². The molecule has 8 nitrogen and oxygen atoms in total. The zero-order valence-electron chi connectivity index (χ0n) is 13.0. The Kier molecular flexibility index (Phi) is 4.62. The number of carbonyl (C=O) groups excluding carboxylic acids is 2. The summed E-state index contributed by atoms with van der Waals surface area (Å²) in [7, 11) is 6.50. The standard InChI is InChI=1S/C14H19N5O3/c1-15-12(9-6-16-19(3)7-9)13(20)17-10-5-11(14(21)22-4)18(2)8-10/h5-8,12,15H,1-4H3,(H,17,20). The van der Waals surface area contributed by atoms with E-state index in [1.165, 1.54) is 7.11 Å². The molecule has 0 aliphatic heterocycles. The molecular weight excluding hydrogens is 286 g/mol. The quantitative estimate of drug-likeness (QED) is 0.783. The summed E-state index contributed by atoms with van der Waals surface area (Å²) in [6, 6.07) is 1.04. The number of amides is 1. The molecule has 8 heteroatoms. The monoisotopic (exact) mass is 305 g/mol. The minimum absolute atomic E-state index is 0.238. The lowest BCUT2D eigenvalue weighted by molar-refractivity contribution is -0.118. The van der Waals surface area contributed by atoms with E-state index in [1.54, 1.807) is 55.0 Å². The predicted octanol–water partition coefficient (Wildman–Crippen LogP) is 0.444. The van der Waals surface area contributed by atoms with Crippen molar-refractivity contribution in [3.8, 4) is 0 Å². The number of likely N-dealkylation sites (N-methyl/N-ethyl adjacent to an activating group) is 1. The summed E-state index contributed by atoms with van der Waals surface area (Å²) in [5.74, 6) is -0.696. The van der Waals surface area contributed by atoms with Gasteiger partial charge >= 0.3 is 5.97 Å². The highest BCUT2D eigenvalue weighted by Gasteiger charge is 2.21. The molecule has 0 radical (unpaired) electrons. The number of aromatic nitrogens is 3. The smallest absolute Gasteiger partial charge is 0.354 e. The summed E-state index contributed by atoms with van der Waals surface area (Å²) >= 11 is 0. The van der Waals surface area contributed by atoms with Gasteiger partial charge in [-0.3, -0.25) is 9.48 Å². The molecule has 2 aromatic rings. The number of hydrogen-bond acceptors (Lipinski definition) is 5. The van der Waals surface area contributed by atoms with Crippen LogP contribution in [0.5, 0.6) is 0 Å². The van der Waals surface area contributed by atoms with E-state index in [0.717, 1.165) is 5.56 Å². The van der Waals surface area contributed by atoms with Gasteiger partial charge in [0.25, 0.3) is 0 Å². The van der Waals surface area contributed by atoms with Crippen LogP contribution in [-0.2, 0) is 23.6 Å². The number of nitrogens with zero attached hydrogens (tertiary/aromatic N) is 3. The molecule has 1 atom stereocenters. The van der Waals surface area contributed by atoms with Gasteiger partial charge in [0.15, 0.2) is 0 Å². The molecule has 0 saturated heterocycles. The number of hydrogen-bond donors (Lipinski definition) is 2. The van der Waals surface area contributed by atoms with Gasteiger partial charge in [0.05, 0.1) is 19.0 Å². The molecule has 2 N–H and O–H groups in total. The van der Waals surface area contributed by atoms with Crippen molar-refractivity contribution in [2.24, 2.45) is 14.1 Å². The lowest BCUT2D eigenvalue weighted by Crippen LogP contribution is -2.30. The van der Waals surface area contributed by atoms with Gasteiger partial charge in [-0.1, -0.05) is 0 Å². The molecule has 1 amide bonds. The van der Waals surface area contributed by atoms with Crippen LogP contribution in [0, 0.1) is 0 Å². The molecule has 1 unspecified atom stereocenters. The Morgan fingerprint density at radius 1 is 1.32 bits per heavy atom. The number of carbonyl (C=O) groups is 2. The average molecular weight is 305 g/mol. The first-order chi connectivity index (χ1) is 10.5. The van der Waals surface area contributed by atoms with Crippen molar-refractivity contribution in [3.63, 3.8) is 0 Å². The van der Waals surface area contributed by atoms with Crippen LogP contribution in [0.2, 0.25) is 0 Å². The average Bonchev–Trinajstić information content (AvgIpc) is 3.05. The fourth-order valence-electron chi connectivity index (χ4n) is 2.19. The Hall–Kier alpha value is -2.61. The number of nitrogens with one attached hydrogen (secondary N) is 2. The normalized spacial score (nSPS) is 12.0. The summed E-state index contributed by atoms with van der Waals surface area (Å²) in [5, 5.41) is 9.78. The number of ether oxygens (including phenoxy) is 1. The van der Waals surface area contributed by atoms with Gasteiger partial charge in [0, 0.05) is 32.1 Å². The summed E-state index contributed by atoms with van der Waals surface area (Å²) in [5.41, 5.74) is 1.64. The predicted molar refractivity (Wildman–Crippen MR) is 80.4 cm³/mol. The molecule has 22 heavy (non-hydrogen) atoms. The van der Waals surface area contributed by atoms with Crippen LogP contribution in [0.3, 0.4) is 0 Å². The summed E-state index contributed by atoms with van der Waals surface area (Å²) in [6.07, 6.45) is 5.05. The van der Waals surface area contributed by atoms with Crippen LogP contribution in [-0.4, -0.2) is 40.4 Å². The fourth-order valence-corrected chi connectivity index (χ4v) is 2.19. The molecule has 0 fully saturated rings. The van der Waals surface area contributed by atoms with Crippen molar-refractivity contribution in [1.29, 1.82) is 0 Å². The fraction of sp³-hybridized carbons (Fsp3) is 0.357. The van der Waals surface area contributed by atoms with Gasteiger partial charge in [0.1, 0.15) is 11.7 Å². The van der Waals surface area contributed by atoms with Gasteiger partial charge in [-0.25, -0.2) is 4.79 Å². The van der Waals surface area contributed by atoms with Gasteiger partial charge in [0.2, 0.25) is 5.91 Å². The molecule has 2 heterocycles. The second-order valence-electron chi connectivity index (χ2n) is 4.87. The summed E-state index contributed by atoms with van der Waals surface area (Å²) in [4.78, 5) is 23.9. The van der Waals surface area contributed by atoms with Crippen LogP contribution in [0.15, 0.2) is 24.7 Å². The second kappa shape index (κ2) is 6.44. The maximum Gasteiger partial charge on any atom is 0.354 e. The third-order valence-electron chi connectivity index (χ3n) is 3.28. The Morgan fingerprint density at radius 3 is 2.59 bits per heavy atom. The molecule has 2 rings (SSSR count). The first-order valence-electron chi connectivity index (χ1n) is 6.67. The highest BCUT2D eigenvalue weighted by molar-refractivity contribution is 5.97. The largest absolute Gasteiger partial charge is 0.464 e. The minimum Gasteiger partial charge on any atom is -0.464 e. The van der Waals surface area contributed by atoms with Crippen molar-refractivity contribution >= 4 is 17.6 Å². The van der Waals surface area contributed by atoms with E-state index in [4.69, 9.17) is 0 Å². The first kappa shape index (κ1) is 15.8. The van der Waals surface area contributed by atoms with E-state index in [2.05, 4.69) is 20.5 Å². The second-order valence-corrected chi connectivity index (χ2v) is 4.87. The zero-order valence-corrected chi connectivity index (χ0v) is 13.0. The Balaban J connectivity index is 2.15. The Bertz CT molecular complexity index is 688. The molecule has 2 aromatic heterocycles. The molecule has 0 aliphatic carbocycles. The summed E-state index contributed by atoms with van der Waals surface area (Å²) < 4.78 is 7.91. The maximum atomic E-state index is 12.4. The van der Waals surface area contributed by atoms with Gasteiger partial charge in [-0.2, -0.15) is 5.10 Å². The van der Waals surface area contributed by atoms with Crippen LogP contribution >= 0.6 is 0 Å². The number of esters is 1. The maximum absolute atomic E-state index is 12.4. The van der Waals surface area contributed by atoms with E-state index in [0.29, 0.717) is 11.4 Å². The minimum atomic E-state index is -0.532. The number of rotatable bonds is 5. The lowest BCUT2D eigenvalue weighted by atomic mass is 10.1. The van der Waals surface area contributed by atoms with Gasteiger partial charge in [-0.15, -0.1) is 0 Å². The van der Waals surface area contributed by atoms with Gasteiger partial charge < -0.3 is 19.9 Å². The van der Waals surface area contributed by atoms with Crippen LogP contribution in [0.1, 0.15) is 22.1 Å². The Morgan fingerprint density at radius 2 is 2.05 bits per heavy atom. The highest BCUT2D eigenvalue weighted by Crippen LogP contribution is 2.17. The van der Waals surface area contributed by atoms with Crippen molar-refractivity contribution in [3.05, 3.63) is 35.9 Å². The Labute approximate surface area is 128 Å². The SMILES string of the molecule is CNC(C(=O)Nc1cc(C(=O)OC)n(C)c1)c1cnn(C)c1. The van der Waals surface area contributed by atoms with Crippen molar-refractivity contribution in [2.75, 3.05) is 19.5 Å². The molecule has 118 valence electrons. The van der Waals surface area contributed by atoms with Crippen LogP contribution in [0.25, 0.3) is 0 Å². The molecule has 0 spiro atoms. The van der Waals surface area contributed by atoms with Crippen molar-refractivity contribution in [2.45, 2.75) is 6.04 Å². The zero-order chi connectivity index (χ0) is 16.3. The van der Waals surface area contributed by atoms with Crippen LogP contribution < -0.4 is 10.6 Å². The lowest BCUT2D eigenvalue weighted by Gasteiger charge is -2.13. The molecule has 0 bridgehead atoms. The topological polar surface area (TPSA) is 90.2 Å². The van der Waals surface area contributed by atoms with E-state index < -0.39 is 12.0 Å². The van der Waals surface area contributed by atoms with E-state index in [9.17, 15) is 9.59 Å². The third kappa shape index (κ3) is 3.17. The molecular formula is C14H19N5O3. The molecule has 0 aromatic carbocycles. The van der Waals surface area contributed by atoms with E-state index >= 15 is 0 Å². The molecule has 0 aliphatic rings. The van der Waals surface area contributed by atoms with E-state index in [-0.39, 0.29) is 5.91 Å². The van der Waals surface area contributed by atoms with Crippen molar-refractivity contribution in [1.82, 2.24) is 19.7 Å². The van der Waals surface area contributed by atoms with Crippen LogP contribution in [0.4, 0.5) is 5.69 Å². The number of anilines is 1. The first-order valence-corrected chi connectivity index (χ1v) is 6.67. The number of methoxy groups -OCH3 is 1. The number of aryl methyl sites for hydroxylation is 2.